The highest BCUT2D eigenvalue weighted by Crippen LogP contribution is 2.34. The highest BCUT2D eigenvalue weighted by molar-refractivity contribution is 4.91. The lowest BCUT2D eigenvalue weighted by atomic mass is 9.94. The number of rotatable bonds is 4. The van der Waals surface area contributed by atoms with Crippen LogP contribution >= 0.6 is 0 Å². The molecule has 2 unspecified atom stereocenters. The maximum atomic E-state index is 6.21. The van der Waals surface area contributed by atoms with E-state index in [0.717, 1.165) is 25.6 Å². The van der Waals surface area contributed by atoms with Gasteiger partial charge in [-0.05, 0) is 38.5 Å². The van der Waals surface area contributed by atoms with Gasteiger partial charge in [-0.25, -0.2) is 0 Å². The van der Waals surface area contributed by atoms with Crippen LogP contribution in [-0.4, -0.2) is 18.8 Å². The van der Waals surface area contributed by atoms with Crippen molar-refractivity contribution in [1.29, 1.82) is 0 Å². The number of ether oxygens (including phenoxy) is 1. The standard InChI is InChI=1S/C10H21NO/c1-3-12-7-6-10(11)5-4-9(2)8-10/h9H,3-8,11H2,1-2H3. The molecule has 12 heavy (non-hydrogen) atoms. The van der Waals surface area contributed by atoms with Crippen LogP contribution in [0.15, 0.2) is 0 Å². The highest BCUT2D eigenvalue weighted by atomic mass is 16.5. The van der Waals surface area contributed by atoms with E-state index < -0.39 is 0 Å². The fraction of sp³-hybridized carbons (Fsp3) is 1.00. The van der Waals surface area contributed by atoms with E-state index in [4.69, 9.17) is 10.5 Å². The molecule has 2 nitrogen and oxygen atoms in total. The molecule has 0 radical (unpaired) electrons. The topological polar surface area (TPSA) is 35.2 Å². The van der Waals surface area contributed by atoms with Gasteiger partial charge >= 0.3 is 0 Å². The van der Waals surface area contributed by atoms with E-state index in [1.165, 1.54) is 19.3 Å². The molecule has 72 valence electrons. The Morgan fingerprint density at radius 1 is 1.58 bits per heavy atom. The molecular formula is C10H21NO. The highest BCUT2D eigenvalue weighted by Gasteiger charge is 2.32. The number of hydrogen-bond donors (Lipinski definition) is 1. The van der Waals surface area contributed by atoms with E-state index in [0.29, 0.717) is 0 Å². The monoisotopic (exact) mass is 171 g/mol. The van der Waals surface area contributed by atoms with Crippen LogP contribution in [0.3, 0.4) is 0 Å². The predicted molar refractivity (Wildman–Crippen MR) is 51.0 cm³/mol. The van der Waals surface area contributed by atoms with E-state index in [1.54, 1.807) is 0 Å². The third kappa shape index (κ3) is 2.76. The fourth-order valence-electron chi connectivity index (χ4n) is 2.08. The molecule has 0 amide bonds. The van der Waals surface area contributed by atoms with E-state index in [1.807, 2.05) is 6.92 Å². The lowest BCUT2D eigenvalue weighted by Crippen LogP contribution is -2.38. The third-order valence-electron chi connectivity index (χ3n) is 2.84. The van der Waals surface area contributed by atoms with Crippen molar-refractivity contribution in [2.75, 3.05) is 13.2 Å². The van der Waals surface area contributed by atoms with Gasteiger partial charge in [0.15, 0.2) is 0 Å². The molecule has 0 aromatic carbocycles. The minimum Gasteiger partial charge on any atom is -0.382 e. The largest absolute Gasteiger partial charge is 0.382 e. The zero-order valence-electron chi connectivity index (χ0n) is 8.31. The first-order valence-electron chi connectivity index (χ1n) is 5.03. The zero-order valence-corrected chi connectivity index (χ0v) is 8.31. The van der Waals surface area contributed by atoms with Gasteiger partial charge in [0, 0.05) is 18.8 Å². The molecule has 0 aromatic heterocycles. The van der Waals surface area contributed by atoms with Gasteiger partial charge in [-0.2, -0.15) is 0 Å². The van der Waals surface area contributed by atoms with E-state index in [9.17, 15) is 0 Å². The molecule has 1 rings (SSSR count). The summed E-state index contributed by atoms with van der Waals surface area (Å²) in [5, 5.41) is 0. The summed E-state index contributed by atoms with van der Waals surface area (Å²) >= 11 is 0. The van der Waals surface area contributed by atoms with Gasteiger partial charge in [-0.1, -0.05) is 6.92 Å². The summed E-state index contributed by atoms with van der Waals surface area (Å²) in [6.07, 6.45) is 4.69. The van der Waals surface area contributed by atoms with Crippen molar-refractivity contribution < 1.29 is 4.74 Å². The second-order valence-electron chi connectivity index (χ2n) is 4.16. The van der Waals surface area contributed by atoms with E-state index in [2.05, 4.69) is 6.92 Å². The van der Waals surface area contributed by atoms with Crippen LogP contribution < -0.4 is 5.73 Å². The van der Waals surface area contributed by atoms with Crippen molar-refractivity contribution in [3.05, 3.63) is 0 Å². The molecule has 1 saturated carbocycles. The van der Waals surface area contributed by atoms with E-state index >= 15 is 0 Å². The zero-order chi connectivity index (χ0) is 9.03. The summed E-state index contributed by atoms with van der Waals surface area (Å²) in [5.74, 6) is 0.816. The Bertz CT molecular complexity index is 138. The van der Waals surface area contributed by atoms with Crippen molar-refractivity contribution in [2.24, 2.45) is 11.7 Å². The molecule has 0 heterocycles. The van der Waals surface area contributed by atoms with Crippen LogP contribution in [0.5, 0.6) is 0 Å². The van der Waals surface area contributed by atoms with Crippen molar-refractivity contribution >= 4 is 0 Å². The normalized spacial score (nSPS) is 35.8. The summed E-state index contributed by atoms with van der Waals surface area (Å²) < 4.78 is 5.32. The van der Waals surface area contributed by atoms with Crippen molar-refractivity contribution in [2.45, 2.75) is 45.1 Å². The van der Waals surface area contributed by atoms with Crippen LogP contribution in [0.2, 0.25) is 0 Å². The molecule has 2 N–H and O–H groups in total. The molecular weight excluding hydrogens is 150 g/mol. The maximum Gasteiger partial charge on any atom is 0.0483 e. The van der Waals surface area contributed by atoms with Crippen LogP contribution in [0, 0.1) is 5.92 Å². The molecule has 0 spiro atoms. The average molecular weight is 171 g/mol. The molecule has 1 aliphatic rings. The van der Waals surface area contributed by atoms with Crippen LogP contribution in [0.4, 0.5) is 0 Å². The van der Waals surface area contributed by atoms with E-state index in [-0.39, 0.29) is 5.54 Å². The Morgan fingerprint density at radius 2 is 2.33 bits per heavy atom. The summed E-state index contributed by atoms with van der Waals surface area (Å²) in [5.41, 5.74) is 6.30. The lowest BCUT2D eigenvalue weighted by Gasteiger charge is -2.23. The van der Waals surface area contributed by atoms with Gasteiger partial charge in [0.1, 0.15) is 0 Å². The van der Waals surface area contributed by atoms with Gasteiger partial charge in [-0.15, -0.1) is 0 Å². The van der Waals surface area contributed by atoms with Gasteiger partial charge in [-0.3, -0.25) is 0 Å². The predicted octanol–water partition coefficient (Wildman–Crippen LogP) is 1.93. The molecule has 1 aliphatic carbocycles. The second-order valence-corrected chi connectivity index (χ2v) is 4.16. The Labute approximate surface area is 75.5 Å². The van der Waals surface area contributed by atoms with Gasteiger partial charge < -0.3 is 10.5 Å². The lowest BCUT2D eigenvalue weighted by molar-refractivity contribution is 0.125. The first-order chi connectivity index (χ1) is 5.66. The number of hydrogen-bond acceptors (Lipinski definition) is 2. The first-order valence-corrected chi connectivity index (χ1v) is 5.03. The molecule has 0 aromatic rings. The van der Waals surface area contributed by atoms with Crippen molar-refractivity contribution in [3.63, 3.8) is 0 Å². The summed E-state index contributed by atoms with van der Waals surface area (Å²) in [4.78, 5) is 0. The summed E-state index contributed by atoms with van der Waals surface area (Å²) in [6.45, 7) is 5.96. The minimum atomic E-state index is 0.0919. The molecule has 2 heteroatoms. The van der Waals surface area contributed by atoms with Crippen molar-refractivity contribution in [3.8, 4) is 0 Å². The van der Waals surface area contributed by atoms with Gasteiger partial charge in [0.2, 0.25) is 0 Å². The molecule has 0 saturated heterocycles. The maximum absolute atomic E-state index is 6.21. The average Bonchev–Trinajstić information content (AvgIpc) is 2.32. The van der Waals surface area contributed by atoms with Crippen LogP contribution in [-0.2, 0) is 4.74 Å². The Morgan fingerprint density at radius 3 is 2.83 bits per heavy atom. The summed E-state index contributed by atoms with van der Waals surface area (Å²) in [6, 6.07) is 0. The fourth-order valence-corrected chi connectivity index (χ4v) is 2.08. The Kier molecular flexibility index (Phi) is 3.53. The molecule has 0 bridgehead atoms. The molecule has 0 aliphatic heterocycles. The first kappa shape index (κ1) is 10.0. The molecule has 1 fully saturated rings. The van der Waals surface area contributed by atoms with Gasteiger partial charge in [0.25, 0.3) is 0 Å². The quantitative estimate of drug-likeness (QED) is 0.656. The Hall–Kier alpha value is -0.0800. The van der Waals surface area contributed by atoms with Crippen LogP contribution in [0.25, 0.3) is 0 Å². The smallest absolute Gasteiger partial charge is 0.0483 e. The SMILES string of the molecule is CCOCCC1(N)CCC(C)C1. The Balaban J connectivity index is 2.21. The third-order valence-corrected chi connectivity index (χ3v) is 2.84. The number of nitrogens with two attached hydrogens (primary N) is 1. The molecule has 2 atom stereocenters. The second kappa shape index (κ2) is 4.24. The van der Waals surface area contributed by atoms with Gasteiger partial charge in [0.05, 0.1) is 0 Å². The van der Waals surface area contributed by atoms with Crippen LogP contribution in [0.1, 0.15) is 39.5 Å². The summed E-state index contributed by atoms with van der Waals surface area (Å²) in [7, 11) is 0. The minimum absolute atomic E-state index is 0.0919. The van der Waals surface area contributed by atoms with Crippen molar-refractivity contribution in [1.82, 2.24) is 0 Å².